The highest BCUT2D eigenvalue weighted by molar-refractivity contribution is 5.80. The van der Waals surface area contributed by atoms with E-state index in [-0.39, 0.29) is 5.75 Å². The number of halogens is 1. The Morgan fingerprint density at radius 2 is 1.86 bits per heavy atom. The van der Waals surface area contributed by atoms with Crippen LogP contribution in [0.2, 0.25) is 0 Å². The third kappa shape index (κ3) is 4.85. The summed E-state index contributed by atoms with van der Waals surface area (Å²) >= 11 is 0. The number of rotatable bonds is 5. The number of anilines is 1. The van der Waals surface area contributed by atoms with E-state index < -0.39 is 5.82 Å². The van der Waals surface area contributed by atoms with Gasteiger partial charge in [0.25, 0.3) is 0 Å². The molecule has 7 heteroatoms. The van der Waals surface area contributed by atoms with Crippen molar-refractivity contribution in [2.45, 2.75) is 13.5 Å². The number of aliphatic imine (C=N–C) groups is 1. The number of methoxy groups -OCH3 is 1. The van der Waals surface area contributed by atoms with Crippen LogP contribution in [0.25, 0.3) is 0 Å². The van der Waals surface area contributed by atoms with Crippen LogP contribution in [0.5, 0.6) is 11.5 Å². The van der Waals surface area contributed by atoms with E-state index in [1.165, 1.54) is 17.8 Å². The Balaban J connectivity index is 1.62. The molecule has 1 aliphatic rings. The first kappa shape index (κ1) is 19.8. The van der Waals surface area contributed by atoms with Gasteiger partial charge in [0, 0.05) is 38.4 Å². The average molecular weight is 386 g/mol. The molecule has 0 unspecified atom stereocenters. The standard InChI is InChI=1S/C21H27FN4O2/c1-3-23-21(24-15-16-4-9-20(27)19(22)14-16)26-12-10-25(11-13-26)17-5-7-18(28-2)8-6-17/h4-9,14,27H,3,10-13,15H2,1-2H3,(H,23,24). The quantitative estimate of drug-likeness (QED) is 0.611. The van der Waals surface area contributed by atoms with Crippen molar-refractivity contribution in [3.63, 3.8) is 0 Å². The van der Waals surface area contributed by atoms with E-state index in [1.54, 1.807) is 13.2 Å². The van der Waals surface area contributed by atoms with E-state index >= 15 is 0 Å². The number of aromatic hydroxyl groups is 1. The summed E-state index contributed by atoms with van der Waals surface area (Å²) in [6.07, 6.45) is 0. The van der Waals surface area contributed by atoms with Gasteiger partial charge in [0.15, 0.2) is 17.5 Å². The molecule has 2 aromatic carbocycles. The van der Waals surface area contributed by atoms with Gasteiger partial charge in [-0.25, -0.2) is 9.38 Å². The Morgan fingerprint density at radius 1 is 1.14 bits per heavy atom. The van der Waals surface area contributed by atoms with Gasteiger partial charge in [-0.15, -0.1) is 0 Å². The third-order valence-corrected chi connectivity index (χ3v) is 4.78. The molecular weight excluding hydrogens is 359 g/mol. The number of nitrogens with one attached hydrogen (secondary N) is 1. The van der Waals surface area contributed by atoms with Crippen LogP contribution in [-0.4, -0.2) is 55.8 Å². The Hall–Kier alpha value is -2.96. The molecule has 1 heterocycles. The van der Waals surface area contributed by atoms with Crippen molar-refractivity contribution in [1.29, 1.82) is 0 Å². The lowest BCUT2D eigenvalue weighted by molar-refractivity contribution is 0.372. The fraction of sp³-hybridized carbons (Fsp3) is 0.381. The van der Waals surface area contributed by atoms with Crippen molar-refractivity contribution in [2.24, 2.45) is 4.99 Å². The molecule has 2 aromatic rings. The number of ether oxygens (including phenoxy) is 1. The molecule has 0 saturated carbocycles. The van der Waals surface area contributed by atoms with Crippen molar-refractivity contribution in [3.8, 4) is 11.5 Å². The van der Waals surface area contributed by atoms with Gasteiger partial charge >= 0.3 is 0 Å². The summed E-state index contributed by atoms with van der Waals surface area (Å²) in [6, 6.07) is 12.5. The molecule has 0 aromatic heterocycles. The third-order valence-electron chi connectivity index (χ3n) is 4.78. The smallest absolute Gasteiger partial charge is 0.194 e. The summed E-state index contributed by atoms with van der Waals surface area (Å²) in [7, 11) is 1.67. The van der Waals surface area contributed by atoms with Crippen LogP contribution in [0.1, 0.15) is 12.5 Å². The zero-order valence-electron chi connectivity index (χ0n) is 16.4. The minimum Gasteiger partial charge on any atom is -0.505 e. The van der Waals surface area contributed by atoms with Crippen LogP contribution >= 0.6 is 0 Å². The number of nitrogens with zero attached hydrogens (tertiary/aromatic N) is 3. The predicted octanol–water partition coefficient (Wildman–Crippen LogP) is 2.83. The minimum atomic E-state index is -0.620. The zero-order valence-corrected chi connectivity index (χ0v) is 16.4. The largest absolute Gasteiger partial charge is 0.505 e. The number of benzene rings is 2. The van der Waals surface area contributed by atoms with Crippen molar-refractivity contribution in [1.82, 2.24) is 10.2 Å². The Kier molecular flexibility index (Phi) is 6.57. The van der Waals surface area contributed by atoms with Crippen LogP contribution in [0.3, 0.4) is 0 Å². The SMILES string of the molecule is CCNC(=NCc1ccc(O)c(F)c1)N1CCN(c2ccc(OC)cc2)CC1. The van der Waals surface area contributed by atoms with Crippen molar-refractivity contribution < 1.29 is 14.2 Å². The summed E-state index contributed by atoms with van der Waals surface area (Å²) in [5.41, 5.74) is 1.91. The first-order valence-corrected chi connectivity index (χ1v) is 9.50. The first-order valence-electron chi connectivity index (χ1n) is 9.50. The molecular formula is C21H27FN4O2. The second-order valence-electron chi connectivity index (χ2n) is 6.63. The van der Waals surface area contributed by atoms with Crippen LogP contribution in [0.4, 0.5) is 10.1 Å². The number of piperazine rings is 1. The number of hydrogen-bond acceptors (Lipinski definition) is 4. The molecule has 1 fully saturated rings. The lowest BCUT2D eigenvalue weighted by atomic mass is 10.2. The zero-order chi connectivity index (χ0) is 19.9. The Bertz CT molecular complexity index is 803. The highest BCUT2D eigenvalue weighted by Gasteiger charge is 2.20. The number of phenols is 1. The van der Waals surface area contributed by atoms with E-state index in [0.29, 0.717) is 6.54 Å². The van der Waals surface area contributed by atoms with Crippen LogP contribution in [-0.2, 0) is 6.54 Å². The molecule has 0 bridgehead atoms. The molecule has 150 valence electrons. The molecule has 3 rings (SSSR count). The monoisotopic (exact) mass is 386 g/mol. The highest BCUT2D eigenvalue weighted by Crippen LogP contribution is 2.21. The van der Waals surface area contributed by atoms with Crippen LogP contribution < -0.4 is 15.0 Å². The van der Waals surface area contributed by atoms with Gasteiger partial charge in [-0.1, -0.05) is 6.07 Å². The fourth-order valence-corrected chi connectivity index (χ4v) is 3.21. The van der Waals surface area contributed by atoms with Gasteiger partial charge < -0.3 is 25.0 Å². The number of phenolic OH excluding ortho intramolecular Hbond substituents is 1. The van der Waals surface area contributed by atoms with Gasteiger partial charge in [-0.2, -0.15) is 0 Å². The molecule has 0 aliphatic carbocycles. The lowest BCUT2D eigenvalue weighted by Gasteiger charge is -2.37. The summed E-state index contributed by atoms with van der Waals surface area (Å²) in [4.78, 5) is 9.21. The maximum Gasteiger partial charge on any atom is 0.194 e. The second kappa shape index (κ2) is 9.30. The van der Waals surface area contributed by atoms with Crippen molar-refractivity contribution in [2.75, 3.05) is 44.7 Å². The predicted molar refractivity (Wildman–Crippen MR) is 110 cm³/mol. The Morgan fingerprint density at radius 3 is 2.46 bits per heavy atom. The second-order valence-corrected chi connectivity index (χ2v) is 6.63. The van der Waals surface area contributed by atoms with E-state index in [1.807, 2.05) is 19.1 Å². The molecule has 0 radical (unpaired) electrons. The molecule has 0 amide bonds. The molecule has 2 N–H and O–H groups in total. The molecule has 28 heavy (non-hydrogen) atoms. The van der Waals surface area contributed by atoms with Gasteiger partial charge in [0.2, 0.25) is 0 Å². The molecule has 1 saturated heterocycles. The highest BCUT2D eigenvalue weighted by atomic mass is 19.1. The summed E-state index contributed by atoms with van der Waals surface area (Å²) in [6.45, 7) is 6.64. The molecule has 6 nitrogen and oxygen atoms in total. The lowest BCUT2D eigenvalue weighted by Crippen LogP contribution is -2.52. The van der Waals surface area contributed by atoms with E-state index in [0.717, 1.165) is 50.0 Å². The topological polar surface area (TPSA) is 60.3 Å². The van der Waals surface area contributed by atoms with E-state index in [4.69, 9.17) is 4.74 Å². The summed E-state index contributed by atoms with van der Waals surface area (Å²) in [5.74, 6) is 0.722. The molecule has 1 aliphatic heterocycles. The minimum absolute atomic E-state index is 0.339. The summed E-state index contributed by atoms with van der Waals surface area (Å²) in [5, 5.41) is 12.6. The van der Waals surface area contributed by atoms with Crippen molar-refractivity contribution in [3.05, 3.63) is 53.8 Å². The summed E-state index contributed by atoms with van der Waals surface area (Å²) < 4.78 is 18.7. The number of hydrogen-bond donors (Lipinski definition) is 2. The maximum atomic E-state index is 13.5. The first-order chi connectivity index (χ1) is 13.6. The van der Waals surface area contributed by atoms with E-state index in [2.05, 4.69) is 32.2 Å². The van der Waals surface area contributed by atoms with Crippen LogP contribution in [0.15, 0.2) is 47.5 Å². The maximum absolute atomic E-state index is 13.5. The van der Waals surface area contributed by atoms with Crippen molar-refractivity contribution >= 4 is 11.6 Å². The van der Waals surface area contributed by atoms with Gasteiger partial charge in [-0.05, 0) is 48.9 Å². The number of guanidine groups is 1. The normalized spacial score (nSPS) is 14.9. The Labute approximate surface area is 165 Å². The molecule has 0 spiro atoms. The van der Waals surface area contributed by atoms with Gasteiger partial charge in [0.05, 0.1) is 13.7 Å². The molecule has 0 atom stereocenters. The van der Waals surface area contributed by atoms with Crippen LogP contribution in [0, 0.1) is 5.82 Å². The van der Waals surface area contributed by atoms with Gasteiger partial charge in [0.1, 0.15) is 5.75 Å². The fourth-order valence-electron chi connectivity index (χ4n) is 3.21. The van der Waals surface area contributed by atoms with Gasteiger partial charge in [-0.3, -0.25) is 0 Å². The average Bonchev–Trinajstić information content (AvgIpc) is 2.74. The van der Waals surface area contributed by atoms with E-state index in [9.17, 15) is 9.50 Å².